The molecule has 1 aliphatic rings. The molecular weight excluding hydrogens is 268 g/mol. The Morgan fingerprint density at radius 2 is 1.95 bits per heavy atom. The summed E-state index contributed by atoms with van der Waals surface area (Å²) in [4.78, 5) is 16.0. The molecular formula is C16H24N2O3. The molecule has 0 amide bonds. The standard InChI is InChI=1S/C16H24N2O3/c1-13(19)15-5-3-4-6-16(15)21-12-14(20)11-18-9-7-17(2)8-10-18/h3-6,14,20H,7-12H2,1-2H3/t14-/m1/s1. The molecule has 1 aromatic carbocycles. The molecule has 0 spiro atoms. The van der Waals surface area contributed by atoms with Gasteiger partial charge in [0.2, 0.25) is 0 Å². The third-order valence-corrected chi connectivity index (χ3v) is 3.76. The van der Waals surface area contributed by atoms with Gasteiger partial charge < -0.3 is 14.7 Å². The van der Waals surface area contributed by atoms with Crippen molar-refractivity contribution in [2.24, 2.45) is 0 Å². The minimum absolute atomic E-state index is 0.0286. The molecule has 0 aliphatic carbocycles. The van der Waals surface area contributed by atoms with Crippen LogP contribution in [0.3, 0.4) is 0 Å². The molecule has 2 rings (SSSR count). The van der Waals surface area contributed by atoms with Crippen molar-refractivity contribution in [3.63, 3.8) is 0 Å². The molecule has 21 heavy (non-hydrogen) atoms. The average Bonchev–Trinajstić information content (AvgIpc) is 2.48. The number of piperazine rings is 1. The van der Waals surface area contributed by atoms with Gasteiger partial charge in [0, 0.05) is 32.7 Å². The lowest BCUT2D eigenvalue weighted by atomic mass is 10.1. The number of ether oxygens (including phenoxy) is 1. The molecule has 0 radical (unpaired) electrons. The largest absolute Gasteiger partial charge is 0.490 e. The Hall–Kier alpha value is -1.43. The fraction of sp³-hybridized carbons (Fsp3) is 0.562. The molecule has 5 heteroatoms. The van der Waals surface area contributed by atoms with E-state index in [2.05, 4.69) is 16.8 Å². The summed E-state index contributed by atoms with van der Waals surface area (Å²) in [6.07, 6.45) is -0.548. The van der Waals surface area contributed by atoms with Gasteiger partial charge in [-0.15, -0.1) is 0 Å². The van der Waals surface area contributed by atoms with Crippen LogP contribution in [0.5, 0.6) is 5.75 Å². The number of rotatable bonds is 6. The van der Waals surface area contributed by atoms with E-state index in [1.165, 1.54) is 6.92 Å². The van der Waals surface area contributed by atoms with Crippen LogP contribution in [0.4, 0.5) is 0 Å². The third-order valence-electron chi connectivity index (χ3n) is 3.76. The first-order valence-electron chi connectivity index (χ1n) is 7.38. The van der Waals surface area contributed by atoms with Gasteiger partial charge in [-0.25, -0.2) is 0 Å². The molecule has 0 saturated carbocycles. The molecule has 0 unspecified atom stereocenters. The van der Waals surface area contributed by atoms with Crippen LogP contribution in [0.15, 0.2) is 24.3 Å². The number of aliphatic hydroxyl groups is 1. The van der Waals surface area contributed by atoms with Crippen LogP contribution >= 0.6 is 0 Å². The summed E-state index contributed by atoms with van der Waals surface area (Å²) in [6, 6.07) is 7.14. The Labute approximate surface area is 126 Å². The van der Waals surface area contributed by atoms with Crippen LogP contribution < -0.4 is 4.74 Å². The number of benzene rings is 1. The van der Waals surface area contributed by atoms with Crippen molar-refractivity contribution in [3.8, 4) is 5.75 Å². The fourth-order valence-corrected chi connectivity index (χ4v) is 2.45. The van der Waals surface area contributed by atoms with E-state index in [4.69, 9.17) is 4.74 Å². The highest BCUT2D eigenvalue weighted by Crippen LogP contribution is 2.18. The molecule has 1 N–H and O–H groups in total. The first kappa shape index (κ1) is 15.9. The van der Waals surface area contributed by atoms with Crippen molar-refractivity contribution in [2.75, 3.05) is 46.4 Å². The Balaban J connectivity index is 1.81. The predicted octanol–water partition coefficient (Wildman–Crippen LogP) is 0.876. The van der Waals surface area contributed by atoms with E-state index >= 15 is 0 Å². The smallest absolute Gasteiger partial charge is 0.163 e. The normalized spacial score (nSPS) is 18.4. The number of para-hydroxylation sites is 1. The zero-order valence-corrected chi connectivity index (χ0v) is 12.8. The van der Waals surface area contributed by atoms with Gasteiger partial charge >= 0.3 is 0 Å². The van der Waals surface area contributed by atoms with Crippen molar-refractivity contribution >= 4 is 5.78 Å². The molecule has 1 atom stereocenters. The minimum Gasteiger partial charge on any atom is -0.490 e. The monoisotopic (exact) mass is 292 g/mol. The summed E-state index contributed by atoms with van der Waals surface area (Å²) in [5.74, 6) is 0.515. The van der Waals surface area contributed by atoms with Gasteiger partial charge in [-0.1, -0.05) is 12.1 Å². The van der Waals surface area contributed by atoms with Gasteiger partial charge in [-0.05, 0) is 26.1 Å². The van der Waals surface area contributed by atoms with Gasteiger partial charge in [0.25, 0.3) is 0 Å². The van der Waals surface area contributed by atoms with Crippen molar-refractivity contribution < 1.29 is 14.6 Å². The van der Waals surface area contributed by atoms with Gasteiger partial charge in [-0.3, -0.25) is 9.69 Å². The van der Waals surface area contributed by atoms with Crippen molar-refractivity contribution in [2.45, 2.75) is 13.0 Å². The first-order valence-corrected chi connectivity index (χ1v) is 7.38. The number of nitrogens with zero attached hydrogens (tertiary/aromatic N) is 2. The maximum atomic E-state index is 11.5. The molecule has 1 fully saturated rings. The van der Waals surface area contributed by atoms with Crippen LogP contribution in [-0.4, -0.2) is 73.2 Å². The van der Waals surface area contributed by atoms with Gasteiger partial charge in [0.15, 0.2) is 5.78 Å². The maximum absolute atomic E-state index is 11.5. The Morgan fingerprint density at radius 3 is 2.62 bits per heavy atom. The minimum atomic E-state index is -0.548. The van der Waals surface area contributed by atoms with Crippen LogP contribution in [0.1, 0.15) is 17.3 Å². The Kier molecular flexibility index (Phi) is 5.73. The third kappa shape index (κ3) is 4.81. The summed E-state index contributed by atoms with van der Waals surface area (Å²) in [6.45, 7) is 6.33. The van der Waals surface area contributed by atoms with Gasteiger partial charge in [-0.2, -0.15) is 0 Å². The summed E-state index contributed by atoms with van der Waals surface area (Å²) < 4.78 is 5.61. The van der Waals surface area contributed by atoms with Crippen molar-refractivity contribution in [1.29, 1.82) is 0 Å². The maximum Gasteiger partial charge on any atom is 0.163 e. The van der Waals surface area contributed by atoms with Gasteiger partial charge in [0.05, 0.1) is 5.56 Å². The number of hydrogen-bond donors (Lipinski definition) is 1. The Bertz CT molecular complexity index is 470. The lowest BCUT2D eigenvalue weighted by molar-refractivity contribution is 0.0501. The zero-order valence-electron chi connectivity index (χ0n) is 12.8. The zero-order chi connectivity index (χ0) is 15.2. The van der Waals surface area contributed by atoms with E-state index in [1.54, 1.807) is 12.1 Å². The molecule has 1 heterocycles. The van der Waals surface area contributed by atoms with E-state index < -0.39 is 6.10 Å². The highest BCUT2D eigenvalue weighted by Gasteiger charge is 2.18. The number of carbonyl (C=O) groups excluding carboxylic acids is 1. The lowest BCUT2D eigenvalue weighted by Crippen LogP contribution is -2.47. The molecule has 116 valence electrons. The van der Waals surface area contributed by atoms with E-state index in [0.29, 0.717) is 17.9 Å². The van der Waals surface area contributed by atoms with Crippen LogP contribution in [0.25, 0.3) is 0 Å². The molecule has 0 bridgehead atoms. The number of ketones is 1. The molecule has 1 aliphatic heterocycles. The molecule has 1 saturated heterocycles. The highest BCUT2D eigenvalue weighted by atomic mass is 16.5. The second-order valence-electron chi connectivity index (χ2n) is 5.62. The SMILES string of the molecule is CC(=O)c1ccccc1OC[C@H](O)CN1CCN(C)CC1. The quantitative estimate of drug-likeness (QED) is 0.789. The summed E-state index contributed by atoms with van der Waals surface area (Å²) in [5, 5.41) is 10.1. The Morgan fingerprint density at radius 1 is 1.29 bits per heavy atom. The second kappa shape index (κ2) is 7.54. The molecule has 1 aromatic rings. The predicted molar refractivity (Wildman–Crippen MR) is 81.9 cm³/mol. The summed E-state index contributed by atoms with van der Waals surface area (Å²) in [5.41, 5.74) is 0.560. The van der Waals surface area contributed by atoms with Crippen molar-refractivity contribution in [1.82, 2.24) is 9.80 Å². The topological polar surface area (TPSA) is 53.0 Å². The lowest BCUT2D eigenvalue weighted by Gasteiger charge is -2.33. The number of β-amino-alcohol motifs (C(OH)–C–C–N with tert-alkyl or cyclic N) is 1. The summed E-state index contributed by atoms with van der Waals surface area (Å²) in [7, 11) is 2.11. The van der Waals surface area contributed by atoms with E-state index in [0.717, 1.165) is 26.2 Å². The van der Waals surface area contributed by atoms with E-state index in [-0.39, 0.29) is 12.4 Å². The molecule has 0 aromatic heterocycles. The van der Waals surface area contributed by atoms with Crippen LogP contribution in [-0.2, 0) is 0 Å². The number of hydrogen-bond acceptors (Lipinski definition) is 5. The number of Topliss-reactive ketones (excluding diaryl/α,β-unsaturated/α-hetero) is 1. The highest BCUT2D eigenvalue weighted by molar-refractivity contribution is 5.96. The van der Waals surface area contributed by atoms with Gasteiger partial charge in [0.1, 0.15) is 18.5 Å². The first-order chi connectivity index (χ1) is 10.1. The van der Waals surface area contributed by atoms with Crippen LogP contribution in [0, 0.1) is 0 Å². The van der Waals surface area contributed by atoms with Crippen LogP contribution in [0.2, 0.25) is 0 Å². The number of carbonyl (C=O) groups is 1. The van der Waals surface area contributed by atoms with Crippen molar-refractivity contribution in [3.05, 3.63) is 29.8 Å². The van der Waals surface area contributed by atoms with E-state index in [1.807, 2.05) is 12.1 Å². The second-order valence-corrected chi connectivity index (χ2v) is 5.62. The van der Waals surface area contributed by atoms with E-state index in [9.17, 15) is 9.90 Å². The number of likely N-dealkylation sites (N-methyl/N-ethyl adjacent to an activating group) is 1. The average molecular weight is 292 g/mol. The number of aliphatic hydroxyl groups excluding tert-OH is 1. The summed E-state index contributed by atoms with van der Waals surface area (Å²) >= 11 is 0. The molecule has 5 nitrogen and oxygen atoms in total. The fourth-order valence-electron chi connectivity index (χ4n) is 2.45.